The van der Waals surface area contributed by atoms with Crippen LogP contribution in [0.1, 0.15) is 11.4 Å². The summed E-state index contributed by atoms with van der Waals surface area (Å²) in [6, 6.07) is 12.5. The molecule has 0 saturated heterocycles. The number of hydrogen-bond acceptors (Lipinski definition) is 4. The van der Waals surface area contributed by atoms with Crippen molar-refractivity contribution in [1.29, 1.82) is 0 Å². The highest BCUT2D eigenvalue weighted by molar-refractivity contribution is 7.90. The van der Waals surface area contributed by atoms with Crippen molar-refractivity contribution < 1.29 is 8.42 Å². The molecule has 2 aromatic heterocycles. The maximum atomic E-state index is 11.7. The van der Waals surface area contributed by atoms with Gasteiger partial charge in [-0.25, -0.2) is 8.42 Å². The third-order valence-electron chi connectivity index (χ3n) is 3.93. The molecule has 1 aromatic carbocycles. The number of hydrogen-bond donors (Lipinski definition) is 0. The fourth-order valence-corrected chi connectivity index (χ4v) is 3.48. The van der Waals surface area contributed by atoms with Crippen LogP contribution in [0.25, 0.3) is 22.4 Å². The van der Waals surface area contributed by atoms with Crippen LogP contribution in [0, 0.1) is 13.8 Å². The van der Waals surface area contributed by atoms with Crippen molar-refractivity contribution in [2.24, 2.45) is 0 Å². The fraction of sp³-hybridized carbons (Fsp3) is 0.158. The Morgan fingerprint density at radius 1 is 0.960 bits per heavy atom. The van der Waals surface area contributed by atoms with E-state index >= 15 is 0 Å². The molecule has 0 bridgehead atoms. The van der Waals surface area contributed by atoms with Crippen molar-refractivity contribution in [3.63, 3.8) is 0 Å². The predicted molar refractivity (Wildman–Crippen MR) is 100 cm³/mol. The Balaban J connectivity index is 2.18. The van der Waals surface area contributed by atoms with Crippen LogP contribution in [0.3, 0.4) is 0 Å². The molecule has 0 unspecified atom stereocenters. The summed E-state index contributed by atoms with van der Waals surface area (Å²) in [5.74, 6) is 0. The number of aromatic nitrogens is 2. The predicted octanol–water partition coefficient (Wildman–Crippen LogP) is 4.48. The minimum Gasteiger partial charge on any atom is -0.258 e. The summed E-state index contributed by atoms with van der Waals surface area (Å²) in [4.78, 5) is 9.28. The fourth-order valence-electron chi connectivity index (χ4n) is 2.69. The molecule has 0 aliphatic rings. The molecular formula is C19H17ClN2O2S. The monoisotopic (exact) mass is 372 g/mol. The highest BCUT2D eigenvalue weighted by atomic mass is 35.5. The molecule has 4 nitrogen and oxygen atoms in total. The van der Waals surface area contributed by atoms with E-state index in [2.05, 4.69) is 9.97 Å². The number of sulfone groups is 1. The molecule has 0 aliphatic heterocycles. The van der Waals surface area contributed by atoms with E-state index in [9.17, 15) is 8.42 Å². The van der Waals surface area contributed by atoms with Gasteiger partial charge in [-0.3, -0.25) is 9.97 Å². The Morgan fingerprint density at radius 3 is 2.24 bits per heavy atom. The average molecular weight is 373 g/mol. The molecule has 0 spiro atoms. The maximum Gasteiger partial charge on any atom is 0.175 e. The van der Waals surface area contributed by atoms with Crippen LogP contribution in [0.15, 0.2) is 53.6 Å². The number of pyridine rings is 2. The average Bonchev–Trinajstić information content (AvgIpc) is 2.55. The van der Waals surface area contributed by atoms with E-state index in [1.807, 2.05) is 32.0 Å². The Hall–Kier alpha value is -2.24. The van der Waals surface area contributed by atoms with Crippen molar-refractivity contribution in [3.8, 4) is 22.4 Å². The van der Waals surface area contributed by atoms with E-state index < -0.39 is 9.84 Å². The lowest BCUT2D eigenvalue weighted by Gasteiger charge is -2.12. The lowest BCUT2D eigenvalue weighted by molar-refractivity contribution is 0.602. The smallest absolute Gasteiger partial charge is 0.175 e. The second-order valence-corrected chi connectivity index (χ2v) is 8.38. The topological polar surface area (TPSA) is 59.9 Å². The summed E-state index contributed by atoms with van der Waals surface area (Å²) in [6.45, 7) is 3.88. The zero-order chi connectivity index (χ0) is 18.2. The highest BCUT2D eigenvalue weighted by Gasteiger charge is 2.14. The maximum absolute atomic E-state index is 11.7. The van der Waals surface area contributed by atoms with E-state index in [0.717, 1.165) is 33.8 Å². The molecule has 3 rings (SSSR count). The zero-order valence-electron chi connectivity index (χ0n) is 14.1. The lowest BCUT2D eigenvalue weighted by Crippen LogP contribution is -1.97. The summed E-state index contributed by atoms with van der Waals surface area (Å²) < 4.78 is 23.3. The van der Waals surface area contributed by atoms with Gasteiger partial charge < -0.3 is 0 Å². The third-order valence-corrected chi connectivity index (χ3v) is 5.26. The second-order valence-electron chi connectivity index (χ2n) is 5.93. The van der Waals surface area contributed by atoms with Gasteiger partial charge in [0.2, 0.25) is 0 Å². The van der Waals surface area contributed by atoms with E-state index in [0.29, 0.717) is 5.02 Å². The molecule has 3 aromatic rings. The molecule has 0 N–H and O–H groups in total. The highest BCUT2D eigenvalue weighted by Crippen LogP contribution is 2.34. The summed E-state index contributed by atoms with van der Waals surface area (Å²) in [5.41, 5.74) is 5.18. The molecule has 2 heterocycles. The quantitative estimate of drug-likeness (QED) is 0.679. The Morgan fingerprint density at radius 2 is 1.64 bits per heavy atom. The molecule has 25 heavy (non-hydrogen) atoms. The first-order valence-electron chi connectivity index (χ1n) is 7.66. The van der Waals surface area contributed by atoms with Crippen molar-refractivity contribution in [1.82, 2.24) is 9.97 Å². The van der Waals surface area contributed by atoms with E-state index in [4.69, 9.17) is 11.6 Å². The van der Waals surface area contributed by atoms with Crippen LogP contribution in [0.5, 0.6) is 0 Å². The van der Waals surface area contributed by atoms with Gasteiger partial charge in [-0.15, -0.1) is 0 Å². The number of rotatable bonds is 3. The third kappa shape index (κ3) is 3.72. The van der Waals surface area contributed by atoms with Crippen LogP contribution >= 0.6 is 11.6 Å². The van der Waals surface area contributed by atoms with Gasteiger partial charge in [-0.1, -0.05) is 23.7 Å². The standard InChI is InChI=1S/C19H17ClN2O2S/c1-12-4-9-17(13(2)22-12)19-18(10-15(20)11-21-19)14-5-7-16(8-6-14)25(3,23)24/h4-11H,1-3H3. The molecule has 6 heteroatoms. The van der Waals surface area contributed by atoms with Crippen molar-refractivity contribution in [2.45, 2.75) is 18.7 Å². The Kier molecular flexibility index (Phi) is 4.62. The van der Waals surface area contributed by atoms with Gasteiger partial charge >= 0.3 is 0 Å². The van der Waals surface area contributed by atoms with Gasteiger partial charge in [0.15, 0.2) is 9.84 Å². The minimum absolute atomic E-state index is 0.279. The SMILES string of the molecule is Cc1ccc(-c2ncc(Cl)cc2-c2ccc(S(C)(=O)=O)cc2)c(C)n1. The number of nitrogens with zero attached hydrogens (tertiary/aromatic N) is 2. The molecule has 0 saturated carbocycles. The summed E-state index contributed by atoms with van der Waals surface area (Å²) >= 11 is 6.15. The molecule has 0 amide bonds. The molecule has 128 valence electrons. The van der Waals surface area contributed by atoms with Gasteiger partial charge in [0, 0.05) is 35.0 Å². The first-order valence-corrected chi connectivity index (χ1v) is 9.93. The first kappa shape index (κ1) is 17.6. The first-order chi connectivity index (χ1) is 11.8. The van der Waals surface area contributed by atoms with Crippen molar-refractivity contribution in [3.05, 3.63) is 65.1 Å². The molecule has 0 radical (unpaired) electrons. The van der Waals surface area contributed by atoms with Crippen LogP contribution in [-0.4, -0.2) is 24.6 Å². The second kappa shape index (κ2) is 6.58. The van der Waals surface area contributed by atoms with Gasteiger partial charge in [0.25, 0.3) is 0 Å². The normalized spacial score (nSPS) is 11.5. The van der Waals surface area contributed by atoms with Crippen molar-refractivity contribution >= 4 is 21.4 Å². The van der Waals surface area contributed by atoms with Gasteiger partial charge in [0.05, 0.1) is 15.6 Å². The molecule has 0 aliphatic carbocycles. The Bertz CT molecular complexity index is 1050. The lowest BCUT2D eigenvalue weighted by atomic mass is 9.98. The molecule has 0 fully saturated rings. The molecule has 0 atom stereocenters. The number of benzene rings is 1. The number of halogens is 1. The van der Waals surface area contributed by atoms with Gasteiger partial charge in [-0.2, -0.15) is 0 Å². The van der Waals surface area contributed by atoms with Gasteiger partial charge in [0.1, 0.15) is 0 Å². The largest absolute Gasteiger partial charge is 0.258 e. The summed E-state index contributed by atoms with van der Waals surface area (Å²) in [5, 5.41) is 0.517. The van der Waals surface area contributed by atoms with Crippen molar-refractivity contribution in [2.75, 3.05) is 6.26 Å². The van der Waals surface area contributed by atoms with E-state index in [1.165, 1.54) is 6.26 Å². The zero-order valence-corrected chi connectivity index (χ0v) is 15.7. The van der Waals surface area contributed by atoms with Crippen LogP contribution in [0.4, 0.5) is 0 Å². The summed E-state index contributed by atoms with van der Waals surface area (Å²) in [6.07, 6.45) is 2.79. The minimum atomic E-state index is -3.24. The van der Waals surface area contributed by atoms with E-state index in [-0.39, 0.29) is 4.90 Å². The van der Waals surface area contributed by atoms with Crippen LogP contribution < -0.4 is 0 Å². The van der Waals surface area contributed by atoms with Gasteiger partial charge in [-0.05, 0) is 49.7 Å². The van der Waals surface area contributed by atoms with Crippen LogP contribution in [0.2, 0.25) is 5.02 Å². The van der Waals surface area contributed by atoms with Crippen LogP contribution in [-0.2, 0) is 9.84 Å². The summed E-state index contributed by atoms with van der Waals surface area (Å²) in [7, 11) is -3.24. The number of aryl methyl sites for hydroxylation is 2. The Labute approximate surface area is 152 Å². The molecular weight excluding hydrogens is 356 g/mol. The van der Waals surface area contributed by atoms with E-state index in [1.54, 1.807) is 30.5 Å².